The van der Waals surface area contributed by atoms with Crippen LogP contribution in [0, 0.1) is 10.1 Å². The normalized spacial score (nSPS) is 15.2. The lowest BCUT2D eigenvalue weighted by Crippen LogP contribution is -2.15. The molecule has 0 bridgehead atoms. The molecule has 1 aliphatic carbocycles. The SMILES string of the molecule is COc1cc(NCCOC2CCCC2)cc([N+](=O)[O-])c1. The number of nitro benzene ring substituents is 1. The first kappa shape index (κ1) is 14.6. The van der Waals surface area contributed by atoms with Gasteiger partial charge in [-0.3, -0.25) is 10.1 Å². The molecule has 1 aromatic carbocycles. The van der Waals surface area contributed by atoms with E-state index in [0.717, 1.165) is 12.8 Å². The van der Waals surface area contributed by atoms with Gasteiger partial charge in [0, 0.05) is 24.4 Å². The third kappa shape index (κ3) is 4.09. The first-order valence-electron chi connectivity index (χ1n) is 6.88. The van der Waals surface area contributed by atoms with Crippen molar-refractivity contribution >= 4 is 11.4 Å². The van der Waals surface area contributed by atoms with Gasteiger partial charge in [-0.05, 0) is 12.8 Å². The molecule has 0 atom stereocenters. The Labute approximate surface area is 118 Å². The number of rotatable bonds is 7. The predicted molar refractivity (Wildman–Crippen MR) is 76.3 cm³/mol. The van der Waals surface area contributed by atoms with Crippen molar-refractivity contribution < 1.29 is 14.4 Å². The number of hydrogen-bond donors (Lipinski definition) is 1. The fraction of sp³-hybridized carbons (Fsp3) is 0.571. The van der Waals surface area contributed by atoms with E-state index in [1.165, 1.54) is 32.1 Å². The number of ether oxygens (including phenoxy) is 2. The Bertz CT molecular complexity index is 458. The lowest BCUT2D eigenvalue weighted by Gasteiger charge is -2.12. The van der Waals surface area contributed by atoms with E-state index in [1.54, 1.807) is 6.07 Å². The van der Waals surface area contributed by atoms with E-state index in [9.17, 15) is 10.1 Å². The maximum atomic E-state index is 10.8. The van der Waals surface area contributed by atoms with Crippen molar-refractivity contribution in [3.8, 4) is 5.75 Å². The lowest BCUT2D eigenvalue weighted by atomic mass is 10.2. The quantitative estimate of drug-likeness (QED) is 0.472. The summed E-state index contributed by atoms with van der Waals surface area (Å²) in [7, 11) is 1.49. The van der Waals surface area contributed by atoms with Crippen LogP contribution in [0.1, 0.15) is 25.7 Å². The van der Waals surface area contributed by atoms with Gasteiger partial charge in [-0.2, -0.15) is 0 Å². The first-order chi connectivity index (χ1) is 9.69. The van der Waals surface area contributed by atoms with Gasteiger partial charge in [0.05, 0.1) is 30.8 Å². The average molecular weight is 280 g/mol. The number of anilines is 1. The average Bonchev–Trinajstić information content (AvgIpc) is 2.96. The zero-order chi connectivity index (χ0) is 14.4. The zero-order valence-electron chi connectivity index (χ0n) is 11.6. The lowest BCUT2D eigenvalue weighted by molar-refractivity contribution is -0.384. The van der Waals surface area contributed by atoms with Gasteiger partial charge in [0.25, 0.3) is 5.69 Å². The highest BCUT2D eigenvalue weighted by atomic mass is 16.6. The van der Waals surface area contributed by atoms with Crippen molar-refractivity contribution in [2.24, 2.45) is 0 Å². The summed E-state index contributed by atoms with van der Waals surface area (Å²) >= 11 is 0. The van der Waals surface area contributed by atoms with Gasteiger partial charge in [0.1, 0.15) is 5.75 Å². The molecular weight excluding hydrogens is 260 g/mol. The van der Waals surface area contributed by atoms with Gasteiger partial charge in [0.15, 0.2) is 0 Å². The Morgan fingerprint density at radius 2 is 2.10 bits per heavy atom. The summed E-state index contributed by atoms with van der Waals surface area (Å²) in [5.41, 5.74) is 0.689. The summed E-state index contributed by atoms with van der Waals surface area (Å²) in [6.07, 6.45) is 5.17. The van der Waals surface area contributed by atoms with Gasteiger partial charge in [0.2, 0.25) is 0 Å². The fourth-order valence-corrected chi connectivity index (χ4v) is 2.38. The molecule has 1 aliphatic rings. The molecule has 0 amide bonds. The molecule has 0 heterocycles. The highest BCUT2D eigenvalue weighted by Gasteiger charge is 2.15. The van der Waals surface area contributed by atoms with E-state index in [4.69, 9.17) is 9.47 Å². The molecule has 1 saturated carbocycles. The molecule has 1 N–H and O–H groups in total. The second-order valence-electron chi connectivity index (χ2n) is 4.88. The third-order valence-electron chi connectivity index (χ3n) is 3.42. The molecule has 20 heavy (non-hydrogen) atoms. The Balaban J connectivity index is 1.84. The molecule has 6 heteroatoms. The smallest absolute Gasteiger partial charge is 0.275 e. The minimum Gasteiger partial charge on any atom is -0.496 e. The number of methoxy groups -OCH3 is 1. The van der Waals surface area contributed by atoms with E-state index in [2.05, 4.69) is 5.32 Å². The van der Waals surface area contributed by atoms with Crippen molar-refractivity contribution in [2.45, 2.75) is 31.8 Å². The summed E-state index contributed by atoms with van der Waals surface area (Å²) in [6.45, 7) is 1.23. The van der Waals surface area contributed by atoms with Gasteiger partial charge < -0.3 is 14.8 Å². The highest BCUT2D eigenvalue weighted by Crippen LogP contribution is 2.25. The van der Waals surface area contributed by atoms with Crippen molar-refractivity contribution in [3.63, 3.8) is 0 Å². The van der Waals surface area contributed by atoms with Crippen LogP contribution in [0.15, 0.2) is 18.2 Å². The van der Waals surface area contributed by atoms with Gasteiger partial charge in [-0.25, -0.2) is 0 Å². The summed E-state index contributed by atoms with van der Waals surface area (Å²) in [6, 6.07) is 4.64. The monoisotopic (exact) mass is 280 g/mol. The van der Waals surface area contributed by atoms with Crippen LogP contribution in [0.4, 0.5) is 11.4 Å². The van der Waals surface area contributed by atoms with Crippen LogP contribution in [-0.2, 0) is 4.74 Å². The Kier molecular flexibility index (Phi) is 5.17. The first-order valence-corrected chi connectivity index (χ1v) is 6.88. The van der Waals surface area contributed by atoms with E-state index >= 15 is 0 Å². The van der Waals surface area contributed by atoms with Crippen LogP contribution < -0.4 is 10.1 Å². The van der Waals surface area contributed by atoms with E-state index in [0.29, 0.717) is 30.7 Å². The van der Waals surface area contributed by atoms with E-state index in [-0.39, 0.29) is 5.69 Å². The van der Waals surface area contributed by atoms with E-state index < -0.39 is 4.92 Å². The fourth-order valence-electron chi connectivity index (χ4n) is 2.38. The molecule has 0 spiro atoms. The largest absolute Gasteiger partial charge is 0.496 e. The number of benzene rings is 1. The van der Waals surface area contributed by atoms with Crippen LogP contribution in [-0.4, -0.2) is 31.3 Å². The third-order valence-corrected chi connectivity index (χ3v) is 3.42. The predicted octanol–water partition coefficient (Wildman–Crippen LogP) is 2.97. The number of nitrogens with one attached hydrogen (secondary N) is 1. The molecular formula is C14H20N2O4. The van der Waals surface area contributed by atoms with Crippen LogP contribution in [0.5, 0.6) is 5.75 Å². The van der Waals surface area contributed by atoms with Crippen LogP contribution in [0.2, 0.25) is 0 Å². The molecule has 1 fully saturated rings. The van der Waals surface area contributed by atoms with Crippen LogP contribution >= 0.6 is 0 Å². The number of nitrogens with zero attached hydrogens (tertiary/aromatic N) is 1. The van der Waals surface area contributed by atoms with Gasteiger partial charge in [-0.1, -0.05) is 12.8 Å². The zero-order valence-corrected chi connectivity index (χ0v) is 11.6. The molecule has 0 aromatic heterocycles. The Hall–Kier alpha value is -1.82. The maximum absolute atomic E-state index is 10.8. The summed E-state index contributed by atoms with van der Waals surface area (Å²) in [5, 5.41) is 14.0. The number of hydrogen-bond acceptors (Lipinski definition) is 5. The summed E-state index contributed by atoms with van der Waals surface area (Å²) < 4.78 is 10.8. The highest BCUT2D eigenvalue weighted by molar-refractivity contribution is 5.56. The van der Waals surface area contributed by atoms with Crippen molar-refractivity contribution in [1.82, 2.24) is 0 Å². The van der Waals surface area contributed by atoms with Crippen molar-refractivity contribution in [3.05, 3.63) is 28.3 Å². The Morgan fingerprint density at radius 1 is 1.35 bits per heavy atom. The van der Waals surface area contributed by atoms with Crippen LogP contribution in [0.3, 0.4) is 0 Å². The molecule has 0 aliphatic heterocycles. The molecule has 0 unspecified atom stereocenters. The van der Waals surface area contributed by atoms with Crippen molar-refractivity contribution in [2.75, 3.05) is 25.6 Å². The number of non-ortho nitro benzene ring substituents is 1. The van der Waals surface area contributed by atoms with E-state index in [1.807, 2.05) is 0 Å². The summed E-state index contributed by atoms with van der Waals surface area (Å²) in [5.74, 6) is 0.471. The molecule has 0 saturated heterocycles. The maximum Gasteiger partial charge on any atom is 0.275 e. The second kappa shape index (κ2) is 7.09. The molecule has 0 radical (unpaired) electrons. The minimum atomic E-state index is -0.428. The standard InChI is InChI=1S/C14H20N2O4/c1-19-14-9-11(8-12(10-14)16(17)18)15-6-7-20-13-4-2-3-5-13/h8-10,13,15H,2-7H2,1H3. The second-order valence-corrected chi connectivity index (χ2v) is 4.88. The summed E-state index contributed by atoms with van der Waals surface area (Å²) in [4.78, 5) is 10.4. The molecule has 6 nitrogen and oxygen atoms in total. The number of nitro groups is 1. The van der Waals surface area contributed by atoms with Crippen LogP contribution in [0.25, 0.3) is 0 Å². The van der Waals surface area contributed by atoms with Crippen molar-refractivity contribution in [1.29, 1.82) is 0 Å². The molecule has 110 valence electrons. The topological polar surface area (TPSA) is 73.6 Å². The minimum absolute atomic E-state index is 0.0172. The van der Waals surface area contributed by atoms with Gasteiger partial charge in [-0.15, -0.1) is 0 Å². The molecule has 2 rings (SSSR count). The van der Waals surface area contributed by atoms with Gasteiger partial charge >= 0.3 is 0 Å². The molecule has 1 aromatic rings. The Morgan fingerprint density at radius 3 is 2.75 bits per heavy atom.